The SMILES string of the molecule is COc1ccccc1OCc1nc(C2CCn3nccc3C2)n(-c2cccc(C)n2)n1. The molecule has 1 atom stereocenters. The lowest BCUT2D eigenvalue weighted by molar-refractivity contribution is 0.276. The molecule has 0 radical (unpaired) electrons. The molecule has 4 aromatic rings. The van der Waals surface area contributed by atoms with Gasteiger partial charge in [0.15, 0.2) is 23.1 Å². The van der Waals surface area contributed by atoms with Crippen LogP contribution < -0.4 is 9.47 Å². The Morgan fingerprint density at radius 2 is 1.90 bits per heavy atom. The van der Waals surface area contributed by atoms with Crippen molar-refractivity contribution in [3.8, 4) is 17.3 Å². The molecule has 3 aromatic heterocycles. The molecule has 1 aliphatic heterocycles. The van der Waals surface area contributed by atoms with E-state index in [-0.39, 0.29) is 12.5 Å². The zero-order valence-corrected chi connectivity index (χ0v) is 17.6. The zero-order valence-electron chi connectivity index (χ0n) is 17.6. The van der Waals surface area contributed by atoms with Crippen LogP contribution in [0.2, 0.25) is 0 Å². The second-order valence-corrected chi connectivity index (χ2v) is 7.61. The van der Waals surface area contributed by atoms with Gasteiger partial charge in [0.2, 0.25) is 0 Å². The maximum Gasteiger partial charge on any atom is 0.188 e. The smallest absolute Gasteiger partial charge is 0.188 e. The van der Waals surface area contributed by atoms with E-state index in [0.717, 1.165) is 36.7 Å². The molecule has 8 heteroatoms. The van der Waals surface area contributed by atoms with Crippen LogP contribution in [0.25, 0.3) is 5.82 Å². The molecule has 158 valence electrons. The van der Waals surface area contributed by atoms with Crippen molar-refractivity contribution in [1.82, 2.24) is 29.5 Å². The van der Waals surface area contributed by atoms with Crippen LogP contribution in [0.4, 0.5) is 0 Å². The first kappa shape index (κ1) is 19.3. The highest BCUT2D eigenvalue weighted by Gasteiger charge is 2.27. The van der Waals surface area contributed by atoms with Gasteiger partial charge in [0.05, 0.1) is 7.11 Å². The van der Waals surface area contributed by atoms with Crippen LogP contribution in [0.5, 0.6) is 11.5 Å². The summed E-state index contributed by atoms with van der Waals surface area (Å²) in [5, 5.41) is 9.16. The number of rotatable bonds is 6. The van der Waals surface area contributed by atoms with Gasteiger partial charge < -0.3 is 9.47 Å². The average molecular weight is 416 g/mol. The van der Waals surface area contributed by atoms with Gasteiger partial charge >= 0.3 is 0 Å². The third-order valence-corrected chi connectivity index (χ3v) is 5.51. The predicted molar refractivity (Wildman–Crippen MR) is 115 cm³/mol. The number of hydrogen-bond acceptors (Lipinski definition) is 6. The van der Waals surface area contributed by atoms with Crippen molar-refractivity contribution in [2.45, 2.75) is 38.8 Å². The first-order valence-electron chi connectivity index (χ1n) is 10.4. The van der Waals surface area contributed by atoms with Crippen LogP contribution in [0.1, 0.15) is 35.4 Å². The highest BCUT2D eigenvalue weighted by molar-refractivity contribution is 5.39. The van der Waals surface area contributed by atoms with Crippen molar-refractivity contribution >= 4 is 0 Å². The first-order chi connectivity index (χ1) is 15.2. The fraction of sp³-hybridized carbons (Fsp3) is 0.304. The molecule has 1 unspecified atom stereocenters. The molecule has 1 aliphatic rings. The van der Waals surface area contributed by atoms with E-state index in [9.17, 15) is 0 Å². The Hall–Kier alpha value is -3.68. The van der Waals surface area contributed by atoms with Crippen molar-refractivity contribution in [2.75, 3.05) is 7.11 Å². The van der Waals surface area contributed by atoms with E-state index in [1.165, 1.54) is 5.69 Å². The summed E-state index contributed by atoms with van der Waals surface area (Å²) in [6.45, 7) is 3.09. The van der Waals surface area contributed by atoms with E-state index in [4.69, 9.17) is 19.6 Å². The second-order valence-electron chi connectivity index (χ2n) is 7.61. The molecule has 0 spiro atoms. The van der Waals surface area contributed by atoms with Crippen LogP contribution >= 0.6 is 0 Å². The van der Waals surface area contributed by atoms with Crippen LogP contribution in [0.15, 0.2) is 54.7 Å². The molecule has 0 aliphatic carbocycles. The number of hydrogen-bond donors (Lipinski definition) is 0. The number of aromatic nitrogens is 6. The molecule has 0 bridgehead atoms. The molecule has 1 aromatic carbocycles. The van der Waals surface area contributed by atoms with E-state index >= 15 is 0 Å². The first-order valence-corrected chi connectivity index (χ1v) is 10.4. The fourth-order valence-electron chi connectivity index (χ4n) is 3.98. The topological polar surface area (TPSA) is 79.9 Å². The Labute approximate surface area is 180 Å². The molecule has 0 saturated carbocycles. The Kier molecular flexibility index (Phi) is 5.11. The second kappa shape index (κ2) is 8.22. The number of nitrogens with zero attached hydrogens (tertiary/aromatic N) is 6. The van der Waals surface area contributed by atoms with Crippen LogP contribution in [0, 0.1) is 6.92 Å². The molecular formula is C23H24N6O2. The molecule has 4 heterocycles. The van der Waals surface area contributed by atoms with Crippen molar-refractivity contribution < 1.29 is 9.47 Å². The molecule has 0 amide bonds. The lowest BCUT2D eigenvalue weighted by atomic mass is 9.95. The number of aryl methyl sites for hydroxylation is 2. The van der Waals surface area contributed by atoms with Crippen molar-refractivity contribution in [3.05, 3.63) is 77.8 Å². The molecule has 5 rings (SSSR count). The number of benzene rings is 1. The summed E-state index contributed by atoms with van der Waals surface area (Å²) in [6.07, 6.45) is 3.68. The summed E-state index contributed by atoms with van der Waals surface area (Å²) in [4.78, 5) is 9.56. The lowest BCUT2D eigenvalue weighted by Gasteiger charge is -2.22. The average Bonchev–Trinajstić information content (AvgIpc) is 3.44. The van der Waals surface area contributed by atoms with E-state index in [1.807, 2.05) is 60.3 Å². The summed E-state index contributed by atoms with van der Waals surface area (Å²) < 4.78 is 15.3. The molecule has 0 fully saturated rings. The van der Waals surface area contributed by atoms with Gasteiger partial charge in [-0.25, -0.2) is 9.97 Å². The van der Waals surface area contributed by atoms with Gasteiger partial charge in [0.25, 0.3) is 0 Å². The van der Waals surface area contributed by atoms with Gasteiger partial charge in [-0.1, -0.05) is 18.2 Å². The van der Waals surface area contributed by atoms with E-state index in [1.54, 1.807) is 7.11 Å². The highest BCUT2D eigenvalue weighted by Crippen LogP contribution is 2.30. The number of methoxy groups -OCH3 is 1. The third-order valence-electron chi connectivity index (χ3n) is 5.51. The Balaban J connectivity index is 1.47. The molecule has 0 N–H and O–H groups in total. The van der Waals surface area contributed by atoms with Crippen LogP contribution in [-0.4, -0.2) is 36.6 Å². The largest absolute Gasteiger partial charge is 0.493 e. The van der Waals surface area contributed by atoms with Gasteiger partial charge in [-0.05, 0) is 50.1 Å². The minimum Gasteiger partial charge on any atom is -0.493 e. The zero-order chi connectivity index (χ0) is 21.2. The monoisotopic (exact) mass is 416 g/mol. The Morgan fingerprint density at radius 3 is 2.74 bits per heavy atom. The van der Waals surface area contributed by atoms with Gasteiger partial charge in [-0.15, -0.1) is 5.10 Å². The summed E-state index contributed by atoms with van der Waals surface area (Å²) in [5.74, 6) is 3.87. The number of fused-ring (bicyclic) bond motifs is 1. The van der Waals surface area contributed by atoms with Crippen molar-refractivity contribution in [2.24, 2.45) is 0 Å². The van der Waals surface area contributed by atoms with E-state index in [0.29, 0.717) is 17.3 Å². The lowest BCUT2D eigenvalue weighted by Crippen LogP contribution is -2.21. The predicted octanol–water partition coefficient (Wildman–Crippen LogP) is 3.48. The number of pyridine rings is 1. The molecule has 8 nitrogen and oxygen atoms in total. The minimum atomic E-state index is 0.235. The van der Waals surface area contributed by atoms with Crippen LogP contribution in [0.3, 0.4) is 0 Å². The van der Waals surface area contributed by atoms with Gasteiger partial charge in [-0.3, -0.25) is 4.68 Å². The number of para-hydroxylation sites is 2. The maximum atomic E-state index is 5.98. The quantitative estimate of drug-likeness (QED) is 0.479. The van der Waals surface area contributed by atoms with E-state index < -0.39 is 0 Å². The van der Waals surface area contributed by atoms with Gasteiger partial charge in [0.1, 0.15) is 12.4 Å². The number of ether oxygens (including phenoxy) is 2. The standard InChI is InChI=1S/C23H24N6O2/c1-16-6-5-9-22(25-16)29-23(17-11-13-28-18(14-17)10-12-24-28)26-21(27-29)15-31-20-8-4-3-7-19(20)30-2/h3-10,12,17H,11,13-15H2,1-2H3. The highest BCUT2D eigenvalue weighted by atomic mass is 16.5. The van der Waals surface area contributed by atoms with Crippen molar-refractivity contribution in [3.63, 3.8) is 0 Å². The molecule has 31 heavy (non-hydrogen) atoms. The summed E-state index contributed by atoms with van der Waals surface area (Å²) >= 11 is 0. The third kappa shape index (κ3) is 3.88. The molecule has 0 saturated heterocycles. The maximum absolute atomic E-state index is 5.98. The Morgan fingerprint density at radius 1 is 1.03 bits per heavy atom. The van der Waals surface area contributed by atoms with Crippen LogP contribution in [-0.2, 0) is 19.6 Å². The Bertz CT molecular complexity index is 1200. The summed E-state index contributed by atoms with van der Waals surface area (Å²) in [6, 6.07) is 15.6. The van der Waals surface area contributed by atoms with E-state index in [2.05, 4.69) is 20.8 Å². The minimum absolute atomic E-state index is 0.235. The summed E-state index contributed by atoms with van der Waals surface area (Å²) in [5.41, 5.74) is 2.15. The van der Waals surface area contributed by atoms with Gasteiger partial charge in [-0.2, -0.15) is 9.78 Å². The molecular weight excluding hydrogens is 392 g/mol. The normalized spacial score (nSPS) is 15.5. The van der Waals surface area contributed by atoms with Gasteiger partial charge in [0, 0.05) is 30.0 Å². The fourth-order valence-corrected chi connectivity index (χ4v) is 3.98. The summed E-state index contributed by atoms with van der Waals surface area (Å²) in [7, 11) is 1.63. The van der Waals surface area contributed by atoms with Crippen molar-refractivity contribution in [1.29, 1.82) is 0 Å².